The fourth-order valence-electron chi connectivity index (χ4n) is 4.66. The second-order valence-corrected chi connectivity index (χ2v) is 9.36. The summed E-state index contributed by atoms with van der Waals surface area (Å²) in [5.41, 5.74) is 5.38. The molecule has 1 aliphatic rings. The summed E-state index contributed by atoms with van der Waals surface area (Å²) >= 11 is 6.19. The Balaban J connectivity index is 1.31. The number of aromatic nitrogens is 5. The van der Waals surface area contributed by atoms with Gasteiger partial charge >= 0.3 is 0 Å². The van der Waals surface area contributed by atoms with Crippen molar-refractivity contribution < 1.29 is 9.15 Å². The molecule has 0 saturated heterocycles. The van der Waals surface area contributed by atoms with E-state index in [-0.39, 0.29) is 12.5 Å². The molecule has 0 saturated carbocycles. The number of rotatable bonds is 7. The lowest BCUT2D eigenvalue weighted by Crippen LogP contribution is -2.09. The molecule has 8 heteroatoms. The standard InChI is InChI=1S/C29H24ClN5O2/c1-19-31-34-29-22(16-27-32-33-28(37-27)18-36-17-20-7-3-2-4-8-20)15-25(21-11-13-23(30)14-12-21)24-9-5-6-10-26(24)35(19)29/h2-15,22H,16-18H2,1H3/t22-/m1/s1. The molecule has 6 rings (SSSR count). The monoisotopic (exact) mass is 509 g/mol. The highest BCUT2D eigenvalue weighted by atomic mass is 35.5. The van der Waals surface area contributed by atoms with Crippen LogP contribution in [0.3, 0.4) is 0 Å². The number of benzene rings is 3. The van der Waals surface area contributed by atoms with Gasteiger partial charge in [-0.2, -0.15) is 0 Å². The average molecular weight is 510 g/mol. The molecule has 0 bridgehead atoms. The van der Waals surface area contributed by atoms with Crippen molar-refractivity contribution in [2.24, 2.45) is 0 Å². The highest BCUT2D eigenvalue weighted by Crippen LogP contribution is 2.38. The van der Waals surface area contributed by atoms with Gasteiger partial charge in [0.05, 0.1) is 12.3 Å². The molecule has 0 aliphatic carbocycles. The van der Waals surface area contributed by atoms with E-state index in [4.69, 9.17) is 20.8 Å². The molecule has 184 valence electrons. The number of nitrogens with zero attached hydrogens (tertiary/aromatic N) is 5. The summed E-state index contributed by atoms with van der Waals surface area (Å²) < 4.78 is 13.9. The summed E-state index contributed by atoms with van der Waals surface area (Å²) in [6.45, 7) is 2.70. The van der Waals surface area contributed by atoms with E-state index >= 15 is 0 Å². The Labute approximate surface area is 219 Å². The summed E-state index contributed by atoms with van der Waals surface area (Å²) in [6, 6.07) is 26.2. The Bertz CT molecular complexity index is 1560. The fraction of sp³-hybridized carbons (Fsp3) is 0.172. The van der Waals surface area contributed by atoms with Gasteiger partial charge in [0.25, 0.3) is 0 Å². The van der Waals surface area contributed by atoms with Crippen molar-refractivity contribution in [1.82, 2.24) is 25.0 Å². The summed E-state index contributed by atoms with van der Waals surface area (Å²) in [5, 5.41) is 18.2. The number of hydrogen-bond donors (Lipinski definition) is 0. The van der Waals surface area contributed by atoms with E-state index in [9.17, 15) is 0 Å². The van der Waals surface area contributed by atoms with E-state index in [0.717, 1.165) is 39.6 Å². The molecular formula is C29H24ClN5O2. The third kappa shape index (κ3) is 4.83. The van der Waals surface area contributed by atoms with Gasteiger partial charge in [0, 0.05) is 22.9 Å². The third-order valence-electron chi connectivity index (χ3n) is 6.38. The minimum absolute atomic E-state index is 0.141. The predicted molar refractivity (Wildman–Crippen MR) is 140 cm³/mol. The SMILES string of the molecule is Cc1nnc2n1-c1ccccc1C(c1ccc(Cl)cc1)=C[C@@H]2Cc1nnc(COCc2ccccc2)o1. The van der Waals surface area contributed by atoms with Gasteiger partial charge in [-0.25, -0.2) is 0 Å². The Morgan fingerprint density at radius 1 is 0.838 bits per heavy atom. The predicted octanol–water partition coefficient (Wildman–Crippen LogP) is 6.10. The molecule has 3 heterocycles. The van der Waals surface area contributed by atoms with Crippen LogP contribution in [0.1, 0.15) is 46.0 Å². The summed E-state index contributed by atoms with van der Waals surface area (Å²) in [4.78, 5) is 0. The van der Waals surface area contributed by atoms with Crippen molar-refractivity contribution in [3.8, 4) is 5.69 Å². The van der Waals surface area contributed by atoms with E-state index < -0.39 is 0 Å². The molecule has 3 aromatic carbocycles. The first kappa shape index (κ1) is 23.3. The highest BCUT2D eigenvalue weighted by molar-refractivity contribution is 6.30. The second-order valence-electron chi connectivity index (χ2n) is 8.92. The van der Waals surface area contributed by atoms with Gasteiger partial charge in [-0.15, -0.1) is 20.4 Å². The Morgan fingerprint density at radius 2 is 1.59 bits per heavy atom. The largest absolute Gasteiger partial charge is 0.423 e. The van der Waals surface area contributed by atoms with Crippen LogP contribution in [0.2, 0.25) is 5.02 Å². The van der Waals surface area contributed by atoms with Crippen LogP contribution >= 0.6 is 11.6 Å². The van der Waals surface area contributed by atoms with Gasteiger partial charge < -0.3 is 9.15 Å². The number of para-hydroxylation sites is 1. The molecule has 0 N–H and O–H groups in total. The van der Waals surface area contributed by atoms with Crippen molar-refractivity contribution in [3.63, 3.8) is 0 Å². The highest BCUT2D eigenvalue weighted by Gasteiger charge is 2.28. The number of hydrogen-bond acceptors (Lipinski definition) is 6. The molecule has 7 nitrogen and oxygen atoms in total. The number of halogens is 1. The second kappa shape index (κ2) is 10.1. The zero-order chi connectivity index (χ0) is 25.2. The van der Waals surface area contributed by atoms with E-state index in [1.807, 2.05) is 73.7 Å². The molecule has 0 spiro atoms. The first-order chi connectivity index (χ1) is 18.2. The maximum Gasteiger partial charge on any atom is 0.242 e. The summed E-state index contributed by atoms with van der Waals surface area (Å²) in [7, 11) is 0. The first-order valence-corrected chi connectivity index (χ1v) is 12.5. The smallest absolute Gasteiger partial charge is 0.242 e. The van der Waals surface area contributed by atoms with Gasteiger partial charge in [0.1, 0.15) is 18.3 Å². The van der Waals surface area contributed by atoms with Crippen LogP contribution < -0.4 is 0 Å². The van der Waals surface area contributed by atoms with Crippen LogP contribution in [0.15, 0.2) is 89.4 Å². The molecule has 0 unspecified atom stereocenters. The molecule has 0 fully saturated rings. The first-order valence-electron chi connectivity index (χ1n) is 12.1. The normalized spacial score (nSPS) is 14.5. The Kier molecular flexibility index (Phi) is 6.39. The van der Waals surface area contributed by atoms with Crippen LogP contribution in [0, 0.1) is 6.92 Å². The van der Waals surface area contributed by atoms with Crippen molar-refractivity contribution in [2.75, 3.05) is 0 Å². The van der Waals surface area contributed by atoms with Gasteiger partial charge in [-0.05, 0) is 41.8 Å². The lowest BCUT2D eigenvalue weighted by atomic mass is 9.93. The molecule has 37 heavy (non-hydrogen) atoms. The minimum Gasteiger partial charge on any atom is -0.423 e. The topological polar surface area (TPSA) is 78.9 Å². The van der Waals surface area contributed by atoms with E-state index in [2.05, 4.69) is 43.2 Å². The van der Waals surface area contributed by atoms with Crippen LogP contribution in [0.25, 0.3) is 11.3 Å². The molecule has 1 aliphatic heterocycles. The van der Waals surface area contributed by atoms with Crippen molar-refractivity contribution in [3.05, 3.63) is 130 Å². The molecule has 2 aromatic heterocycles. The maximum atomic E-state index is 6.19. The fourth-order valence-corrected chi connectivity index (χ4v) is 4.78. The van der Waals surface area contributed by atoms with E-state index in [1.165, 1.54) is 0 Å². The number of allylic oxidation sites excluding steroid dienone is 1. The zero-order valence-electron chi connectivity index (χ0n) is 20.2. The number of aryl methyl sites for hydroxylation is 1. The molecule has 0 radical (unpaired) electrons. The average Bonchev–Trinajstić information content (AvgIpc) is 3.50. The zero-order valence-corrected chi connectivity index (χ0v) is 21.0. The molecule has 0 amide bonds. The molecule has 1 atom stereocenters. The van der Waals surface area contributed by atoms with Crippen LogP contribution in [-0.4, -0.2) is 25.0 Å². The van der Waals surface area contributed by atoms with Gasteiger partial charge in [0.15, 0.2) is 0 Å². The maximum absolute atomic E-state index is 6.19. The van der Waals surface area contributed by atoms with Gasteiger partial charge in [-0.1, -0.05) is 78.3 Å². The van der Waals surface area contributed by atoms with E-state index in [1.54, 1.807) is 0 Å². The molecule has 5 aromatic rings. The quantitative estimate of drug-likeness (QED) is 0.264. The van der Waals surface area contributed by atoms with Crippen LogP contribution in [0.5, 0.6) is 0 Å². The lowest BCUT2D eigenvalue weighted by molar-refractivity contribution is 0.0886. The van der Waals surface area contributed by atoms with Crippen molar-refractivity contribution in [1.29, 1.82) is 0 Å². The Morgan fingerprint density at radius 3 is 2.43 bits per heavy atom. The van der Waals surface area contributed by atoms with E-state index in [0.29, 0.717) is 29.8 Å². The summed E-state index contributed by atoms with van der Waals surface area (Å²) in [6.07, 6.45) is 2.69. The van der Waals surface area contributed by atoms with Gasteiger partial charge in [0.2, 0.25) is 11.8 Å². The van der Waals surface area contributed by atoms with Crippen molar-refractivity contribution >= 4 is 17.2 Å². The summed E-state index contributed by atoms with van der Waals surface area (Å²) in [5.74, 6) is 2.47. The third-order valence-corrected chi connectivity index (χ3v) is 6.63. The van der Waals surface area contributed by atoms with Gasteiger partial charge in [-0.3, -0.25) is 4.57 Å². The van der Waals surface area contributed by atoms with Crippen LogP contribution in [-0.2, 0) is 24.4 Å². The lowest BCUT2D eigenvalue weighted by Gasteiger charge is -2.13. The number of ether oxygens (including phenoxy) is 1. The van der Waals surface area contributed by atoms with Crippen molar-refractivity contribution in [2.45, 2.75) is 32.5 Å². The number of fused-ring (bicyclic) bond motifs is 3. The molecular weight excluding hydrogens is 486 g/mol. The van der Waals surface area contributed by atoms with Crippen LogP contribution in [0.4, 0.5) is 0 Å². The Hall–Kier alpha value is -4.07. The minimum atomic E-state index is -0.141.